The van der Waals surface area contributed by atoms with Crippen molar-refractivity contribution in [2.24, 2.45) is 0 Å². The third kappa shape index (κ3) is 1.09. The second kappa shape index (κ2) is 2.22. The molecule has 0 aromatic carbocycles. The highest BCUT2D eigenvalue weighted by Crippen LogP contribution is 2.25. The van der Waals surface area contributed by atoms with Crippen LogP contribution in [0.4, 0.5) is 0 Å². The van der Waals surface area contributed by atoms with Gasteiger partial charge in [-0.15, -0.1) is 0 Å². The molecule has 0 unspecified atom stereocenters. The minimum Gasteiger partial charge on any atom is -0.474 e. The van der Waals surface area contributed by atoms with Crippen molar-refractivity contribution in [3.63, 3.8) is 0 Å². The van der Waals surface area contributed by atoms with E-state index in [1.54, 1.807) is 0 Å². The fraction of sp³-hybridized carbons (Fsp3) is 0.444. The number of ether oxygens (including phenoxy) is 1. The second-order valence-corrected chi connectivity index (χ2v) is 3.05. The standard InChI is InChI=1S/C9H11NO/c1-6-3-4-8-5-7(2)11-9(8)10-6/h3-4,7H,5H2,1-2H3/t7-/m1/s1. The second-order valence-electron chi connectivity index (χ2n) is 3.05. The fourth-order valence-corrected chi connectivity index (χ4v) is 1.36. The number of aromatic nitrogens is 1. The highest BCUT2D eigenvalue weighted by Gasteiger charge is 2.19. The normalized spacial score (nSPS) is 21.1. The molecule has 1 aliphatic heterocycles. The lowest BCUT2D eigenvalue weighted by atomic mass is 10.2. The van der Waals surface area contributed by atoms with Gasteiger partial charge in [0.15, 0.2) is 0 Å². The number of hydrogen-bond acceptors (Lipinski definition) is 2. The zero-order valence-corrected chi connectivity index (χ0v) is 6.79. The number of fused-ring (bicyclic) bond motifs is 1. The maximum Gasteiger partial charge on any atom is 0.217 e. The Morgan fingerprint density at radius 1 is 1.55 bits per heavy atom. The highest BCUT2D eigenvalue weighted by molar-refractivity contribution is 5.31. The van der Waals surface area contributed by atoms with Gasteiger partial charge in [0.1, 0.15) is 6.10 Å². The molecule has 2 heteroatoms. The summed E-state index contributed by atoms with van der Waals surface area (Å²) in [4.78, 5) is 4.28. The lowest BCUT2D eigenvalue weighted by Gasteiger charge is -2.00. The van der Waals surface area contributed by atoms with Gasteiger partial charge in [-0.25, -0.2) is 4.98 Å². The Morgan fingerprint density at radius 2 is 2.36 bits per heavy atom. The van der Waals surface area contributed by atoms with Crippen molar-refractivity contribution in [1.29, 1.82) is 0 Å². The smallest absolute Gasteiger partial charge is 0.217 e. The molecule has 0 aliphatic carbocycles. The van der Waals surface area contributed by atoms with E-state index in [2.05, 4.69) is 18.0 Å². The van der Waals surface area contributed by atoms with Crippen molar-refractivity contribution in [2.75, 3.05) is 0 Å². The Balaban J connectivity index is 2.43. The van der Waals surface area contributed by atoms with Gasteiger partial charge in [0.25, 0.3) is 0 Å². The predicted molar refractivity (Wildman–Crippen MR) is 42.8 cm³/mol. The number of pyridine rings is 1. The van der Waals surface area contributed by atoms with Crippen LogP contribution < -0.4 is 4.74 Å². The van der Waals surface area contributed by atoms with E-state index in [9.17, 15) is 0 Å². The van der Waals surface area contributed by atoms with Gasteiger partial charge >= 0.3 is 0 Å². The minimum atomic E-state index is 0.305. The zero-order valence-electron chi connectivity index (χ0n) is 6.79. The van der Waals surface area contributed by atoms with E-state index in [1.807, 2.05) is 13.0 Å². The molecule has 1 atom stereocenters. The maximum atomic E-state index is 5.48. The van der Waals surface area contributed by atoms with E-state index in [4.69, 9.17) is 4.74 Å². The van der Waals surface area contributed by atoms with E-state index in [-0.39, 0.29) is 0 Å². The zero-order chi connectivity index (χ0) is 7.84. The third-order valence-corrected chi connectivity index (χ3v) is 1.90. The van der Waals surface area contributed by atoms with Crippen LogP contribution in [0.5, 0.6) is 5.88 Å². The molecule has 2 heterocycles. The summed E-state index contributed by atoms with van der Waals surface area (Å²) in [5.74, 6) is 0.831. The monoisotopic (exact) mass is 149 g/mol. The lowest BCUT2D eigenvalue weighted by molar-refractivity contribution is 0.246. The number of aryl methyl sites for hydroxylation is 1. The molecular weight excluding hydrogens is 138 g/mol. The summed E-state index contributed by atoms with van der Waals surface area (Å²) in [7, 11) is 0. The molecule has 58 valence electrons. The average molecular weight is 149 g/mol. The molecule has 0 N–H and O–H groups in total. The van der Waals surface area contributed by atoms with Crippen molar-refractivity contribution < 1.29 is 4.74 Å². The highest BCUT2D eigenvalue weighted by atomic mass is 16.5. The van der Waals surface area contributed by atoms with Gasteiger partial charge in [0.2, 0.25) is 5.88 Å². The molecule has 1 aromatic rings. The molecule has 0 saturated carbocycles. The summed E-state index contributed by atoms with van der Waals surface area (Å²) in [5, 5.41) is 0. The van der Waals surface area contributed by atoms with E-state index < -0.39 is 0 Å². The molecule has 0 amide bonds. The summed E-state index contributed by atoms with van der Waals surface area (Å²) >= 11 is 0. The van der Waals surface area contributed by atoms with Gasteiger partial charge < -0.3 is 4.74 Å². The first-order valence-electron chi connectivity index (χ1n) is 3.89. The molecule has 0 spiro atoms. The van der Waals surface area contributed by atoms with Gasteiger partial charge in [-0.1, -0.05) is 6.07 Å². The Kier molecular flexibility index (Phi) is 1.34. The molecule has 0 saturated heterocycles. The molecule has 11 heavy (non-hydrogen) atoms. The maximum absolute atomic E-state index is 5.48. The molecule has 1 aliphatic rings. The van der Waals surface area contributed by atoms with Crippen LogP contribution in [-0.2, 0) is 6.42 Å². The lowest BCUT2D eigenvalue weighted by Crippen LogP contribution is -2.05. The fourth-order valence-electron chi connectivity index (χ4n) is 1.36. The minimum absolute atomic E-state index is 0.305. The number of hydrogen-bond donors (Lipinski definition) is 0. The number of rotatable bonds is 0. The number of nitrogens with zero attached hydrogens (tertiary/aromatic N) is 1. The van der Waals surface area contributed by atoms with Crippen LogP contribution in [0.3, 0.4) is 0 Å². The van der Waals surface area contributed by atoms with Crippen LogP contribution in [0.15, 0.2) is 12.1 Å². The van der Waals surface area contributed by atoms with E-state index >= 15 is 0 Å². The summed E-state index contributed by atoms with van der Waals surface area (Å²) in [6.07, 6.45) is 1.31. The van der Waals surface area contributed by atoms with Crippen LogP contribution in [0, 0.1) is 6.92 Å². The van der Waals surface area contributed by atoms with E-state index in [0.717, 1.165) is 18.0 Å². The summed E-state index contributed by atoms with van der Waals surface area (Å²) in [6, 6.07) is 4.13. The van der Waals surface area contributed by atoms with Gasteiger partial charge in [-0.3, -0.25) is 0 Å². The molecule has 2 nitrogen and oxygen atoms in total. The van der Waals surface area contributed by atoms with Gasteiger partial charge in [0, 0.05) is 17.7 Å². The van der Waals surface area contributed by atoms with Crippen molar-refractivity contribution in [1.82, 2.24) is 4.98 Å². The van der Waals surface area contributed by atoms with Gasteiger partial charge in [0.05, 0.1) is 0 Å². The van der Waals surface area contributed by atoms with Crippen LogP contribution >= 0.6 is 0 Å². The summed E-state index contributed by atoms with van der Waals surface area (Å²) in [6.45, 7) is 4.05. The molecule has 2 rings (SSSR count). The van der Waals surface area contributed by atoms with Gasteiger partial charge in [-0.05, 0) is 19.9 Å². The van der Waals surface area contributed by atoms with Crippen molar-refractivity contribution in [3.05, 3.63) is 23.4 Å². The molecular formula is C9H11NO. The average Bonchev–Trinajstić information content (AvgIpc) is 2.27. The quantitative estimate of drug-likeness (QED) is 0.560. The van der Waals surface area contributed by atoms with Crippen molar-refractivity contribution >= 4 is 0 Å². The van der Waals surface area contributed by atoms with Crippen LogP contribution in [0.1, 0.15) is 18.2 Å². The van der Waals surface area contributed by atoms with Gasteiger partial charge in [-0.2, -0.15) is 0 Å². The largest absolute Gasteiger partial charge is 0.474 e. The summed E-state index contributed by atoms with van der Waals surface area (Å²) < 4.78 is 5.48. The molecule has 1 aromatic heterocycles. The predicted octanol–water partition coefficient (Wildman–Crippen LogP) is 1.71. The van der Waals surface area contributed by atoms with Crippen molar-refractivity contribution in [2.45, 2.75) is 26.4 Å². The van der Waals surface area contributed by atoms with Crippen LogP contribution in [0.25, 0.3) is 0 Å². The van der Waals surface area contributed by atoms with Crippen LogP contribution in [0.2, 0.25) is 0 Å². The Labute approximate surface area is 66.2 Å². The Morgan fingerprint density at radius 3 is 3.18 bits per heavy atom. The van der Waals surface area contributed by atoms with E-state index in [0.29, 0.717) is 6.10 Å². The van der Waals surface area contributed by atoms with Crippen LogP contribution in [-0.4, -0.2) is 11.1 Å². The third-order valence-electron chi connectivity index (χ3n) is 1.90. The topological polar surface area (TPSA) is 22.1 Å². The molecule has 0 bridgehead atoms. The van der Waals surface area contributed by atoms with Crippen molar-refractivity contribution in [3.8, 4) is 5.88 Å². The van der Waals surface area contributed by atoms with E-state index in [1.165, 1.54) is 5.56 Å². The Bertz CT molecular complexity index is 283. The molecule has 0 radical (unpaired) electrons. The first-order chi connectivity index (χ1) is 5.25. The first kappa shape index (κ1) is 6.65. The summed E-state index contributed by atoms with van der Waals surface area (Å²) in [5.41, 5.74) is 2.26. The first-order valence-corrected chi connectivity index (χ1v) is 3.89. The SMILES string of the molecule is Cc1ccc2c(n1)O[C@H](C)C2. The Hall–Kier alpha value is -1.05. The molecule has 0 fully saturated rings.